The Hall–Kier alpha value is -1.92. The van der Waals surface area contributed by atoms with Gasteiger partial charge in [0, 0.05) is 26.2 Å². The molecule has 0 aliphatic carbocycles. The molecule has 6 heteroatoms. The Balaban J connectivity index is 1.89. The van der Waals surface area contributed by atoms with E-state index in [9.17, 15) is 4.79 Å². The third-order valence-electron chi connectivity index (χ3n) is 2.96. The molecule has 0 amide bonds. The lowest BCUT2D eigenvalue weighted by Crippen LogP contribution is -2.35. The maximum atomic E-state index is 10.5. The molecule has 0 aliphatic rings. The van der Waals surface area contributed by atoms with Crippen molar-refractivity contribution in [2.45, 2.75) is 19.0 Å². The molecule has 0 fully saturated rings. The lowest BCUT2D eigenvalue weighted by atomic mass is 10.2. The standard InChI is InChI=1S/C13H18N4O2/c1-17-8-16-11-4-9(2-3-12(11)17)6-15-7-10(14)5-13(18)19/h2-4,8,10,15H,5-7,14H2,1H3,(H,18,19). The molecule has 1 atom stereocenters. The summed E-state index contributed by atoms with van der Waals surface area (Å²) in [6, 6.07) is 5.71. The molecule has 4 N–H and O–H groups in total. The van der Waals surface area contributed by atoms with E-state index < -0.39 is 5.97 Å². The fourth-order valence-electron chi connectivity index (χ4n) is 1.99. The van der Waals surface area contributed by atoms with Gasteiger partial charge in [0.05, 0.1) is 23.8 Å². The van der Waals surface area contributed by atoms with Crippen LogP contribution in [0.3, 0.4) is 0 Å². The number of rotatable bonds is 6. The topological polar surface area (TPSA) is 93.2 Å². The van der Waals surface area contributed by atoms with Gasteiger partial charge in [0.25, 0.3) is 0 Å². The van der Waals surface area contributed by atoms with Gasteiger partial charge in [0.1, 0.15) is 0 Å². The minimum Gasteiger partial charge on any atom is -0.481 e. The van der Waals surface area contributed by atoms with Crippen LogP contribution in [0.15, 0.2) is 24.5 Å². The second-order valence-corrected chi connectivity index (χ2v) is 4.67. The molecule has 0 saturated carbocycles. The molecule has 1 heterocycles. The van der Waals surface area contributed by atoms with Gasteiger partial charge in [-0.05, 0) is 17.7 Å². The molecule has 2 aromatic rings. The monoisotopic (exact) mass is 262 g/mol. The Morgan fingerprint density at radius 1 is 1.58 bits per heavy atom. The number of carboxylic acids is 1. The van der Waals surface area contributed by atoms with E-state index in [1.54, 1.807) is 6.33 Å². The van der Waals surface area contributed by atoms with Crippen LogP contribution in [0.5, 0.6) is 0 Å². The zero-order chi connectivity index (χ0) is 13.8. The van der Waals surface area contributed by atoms with Gasteiger partial charge >= 0.3 is 5.97 Å². The molecular formula is C13H18N4O2. The number of fused-ring (bicyclic) bond motifs is 1. The second-order valence-electron chi connectivity index (χ2n) is 4.67. The van der Waals surface area contributed by atoms with Gasteiger partial charge in [-0.25, -0.2) is 4.98 Å². The number of benzene rings is 1. The van der Waals surface area contributed by atoms with Gasteiger partial charge in [0.15, 0.2) is 0 Å². The van der Waals surface area contributed by atoms with Crippen molar-refractivity contribution in [3.05, 3.63) is 30.1 Å². The minimum atomic E-state index is -0.871. The Labute approximate surface area is 111 Å². The van der Waals surface area contributed by atoms with Gasteiger partial charge in [-0.2, -0.15) is 0 Å². The van der Waals surface area contributed by atoms with Crippen LogP contribution in [0.2, 0.25) is 0 Å². The number of nitrogens with two attached hydrogens (primary N) is 1. The van der Waals surface area contributed by atoms with E-state index in [-0.39, 0.29) is 12.5 Å². The molecule has 0 spiro atoms. The highest BCUT2D eigenvalue weighted by Crippen LogP contribution is 2.13. The third kappa shape index (κ3) is 3.52. The molecule has 0 saturated heterocycles. The zero-order valence-corrected chi connectivity index (χ0v) is 10.8. The maximum Gasteiger partial charge on any atom is 0.304 e. The number of carbonyl (C=O) groups is 1. The summed E-state index contributed by atoms with van der Waals surface area (Å²) in [5, 5.41) is 11.8. The van der Waals surface area contributed by atoms with Crippen molar-refractivity contribution in [2.24, 2.45) is 12.8 Å². The van der Waals surface area contributed by atoms with Crippen molar-refractivity contribution in [3.63, 3.8) is 0 Å². The molecule has 1 aromatic heterocycles. The Bertz CT molecular complexity index is 579. The summed E-state index contributed by atoms with van der Waals surface area (Å²) in [5.41, 5.74) is 8.82. The summed E-state index contributed by atoms with van der Waals surface area (Å²) >= 11 is 0. The molecule has 6 nitrogen and oxygen atoms in total. The van der Waals surface area contributed by atoms with Crippen LogP contribution in [0.1, 0.15) is 12.0 Å². The molecule has 0 radical (unpaired) electrons. The normalized spacial score (nSPS) is 12.7. The van der Waals surface area contributed by atoms with Crippen molar-refractivity contribution in [1.29, 1.82) is 0 Å². The first-order valence-corrected chi connectivity index (χ1v) is 6.14. The van der Waals surface area contributed by atoms with E-state index in [0.29, 0.717) is 13.1 Å². The molecule has 0 bridgehead atoms. The van der Waals surface area contributed by atoms with E-state index in [0.717, 1.165) is 16.6 Å². The molecule has 1 unspecified atom stereocenters. The van der Waals surface area contributed by atoms with Crippen LogP contribution in [-0.4, -0.2) is 33.2 Å². The van der Waals surface area contributed by atoms with Gasteiger partial charge in [0.2, 0.25) is 0 Å². The first-order chi connectivity index (χ1) is 9.06. The van der Waals surface area contributed by atoms with Crippen LogP contribution in [0.4, 0.5) is 0 Å². The molecule has 0 aliphatic heterocycles. The quantitative estimate of drug-likeness (QED) is 0.703. The van der Waals surface area contributed by atoms with Crippen LogP contribution in [0.25, 0.3) is 11.0 Å². The maximum absolute atomic E-state index is 10.5. The van der Waals surface area contributed by atoms with E-state index in [2.05, 4.69) is 10.3 Å². The van der Waals surface area contributed by atoms with Crippen LogP contribution in [0, 0.1) is 0 Å². The summed E-state index contributed by atoms with van der Waals surface area (Å²) in [4.78, 5) is 14.8. The van der Waals surface area contributed by atoms with Gasteiger partial charge in [-0.1, -0.05) is 6.07 Å². The summed E-state index contributed by atoms with van der Waals surface area (Å²) in [5.74, 6) is -0.871. The Kier molecular flexibility index (Phi) is 4.13. The van der Waals surface area contributed by atoms with E-state index >= 15 is 0 Å². The molecule has 2 rings (SSSR count). The summed E-state index contributed by atoms with van der Waals surface area (Å²) in [6.45, 7) is 1.13. The van der Waals surface area contributed by atoms with Gasteiger partial charge in [-0.3, -0.25) is 4.79 Å². The van der Waals surface area contributed by atoms with Crippen molar-refractivity contribution < 1.29 is 9.90 Å². The number of aliphatic carboxylic acids is 1. The van der Waals surface area contributed by atoms with E-state index in [1.807, 2.05) is 29.8 Å². The highest BCUT2D eigenvalue weighted by Gasteiger charge is 2.07. The fourth-order valence-corrected chi connectivity index (χ4v) is 1.99. The lowest BCUT2D eigenvalue weighted by molar-refractivity contribution is -0.137. The average Bonchev–Trinajstić information content (AvgIpc) is 2.70. The Morgan fingerprint density at radius 3 is 3.11 bits per heavy atom. The van der Waals surface area contributed by atoms with Gasteiger partial charge in [-0.15, -0.1) is 0 Å². The summed E-state index contributed by atoms with van der Waals surface area (Å²) in [6.07, 6.45) is 1.76. The van der Waals surface area contributed by atoms with Crippen LogP contribution >= 0.6 is 0 Å². The minimum absolute atomic E-state index is 0.0216. The number of carboxylic acid groups (broad SMARTS) is 1. The third-order valence-corrected chi connectivity index (χ3v) is 2.96. The fraction of sp³-hybridized carbons (Fsp3) is 0.385. The van der Waals surface area contributed by atoms with E-state index in [4.69, 9.17) is 10.8 Å². The van der Waals surface area contributed by atoms with Crippen molar-refractivity contribution in [1.82, 2.24) is 14.9 Å². The molecule has 1 aromatic carbocycles. The average molecular weight is 262 g/mol. The predicted molar refractivity (Wildman–Crippen MR) is 72.6 cm³/mol. The zero-order valence-electron chi connectivity index (χ0n) is 10.8. The highest BCUT2D eigenvalue weighted by molar-refractivity contribution is 5.75. The van der Waals surface area contributed by atoms with Crippen LogP contribution in [-0.2, 0) is 18.4 Å². The summed E-state index contributed by atoms with van der Waals surface area (Å²) in [7, 11) is 1.96. The molecule has 19 heavy (non-hydrogen) atoms. The highest BCUT2D eigenvalue weighted by atomic mass is 16.4. The number of nitrogens with zero attached hydrogens (tertiary/aromatic N) is 2. The molecular weight excluding hydrogens is 244 g/mol. The number of aryl methyl sites for hydroxylation is 1. The second kappa shape index (κ2) is 5.81. The lowest BCUT2D eigenvalue weighted by Gasteiger charge is -2.10. The number of hydrogen-bond donors (Lipinski definition) is 3. The first-order valence-electron chi connectivity index (χ1n) is 6.14. The predicted octanol–water partition coefficient (Wildman–Crippen LogP) is 0.465. The largest absolute Gasteiger partial charge is 0.481 e. The number of imidazole rings is 1. The van der Waals surface area contributed by atoms with Crippen molar-refractivity contribution >= 4 is 17.0 Å². The number of nitrogens with one attached hydrogen (secondary N) is 1. The summed E-state index contributed by atoms with van der Waals surface area (Å²) < 4.78 is 1.97. The first kappa shape index (κ1) is 13.5. The van der Waals surface area contributed by atoms with Crippen molar-refractivity contribution in [2.75, 3.05) is 6.54 Å². The van der Waals surface area contributed by atoms with Crippen LogP contribution < -0.4 is 11.1 Å². The SMILES string of the molecule is Cn1cnc2cc(CNCC(N)CC(=O)O)ccc21. The van der Waals surface area contributed by atoms with E-state index in [1.165, 1.54) is 0 Å². The van der Waals surface area contributed by atoms with Crippen molar-refractivity contribution in [3.8, 4) is 0 Å². The number of aromatic nitrogens is 2. The van der Waals surface area contributed by atoms with Gasteiger partial charge < -0.3 is 20.7 Å². The number of hydrogen-bond acceptors (Lipinski definition) is 4. The molecule has 102 valence electrons. The smallest absolute Gasteiger partial charge is 0.304 e. The Morgan fingerprint density at radius 2 is 2.37 bits per heavy atom.